The van der Waals surface area contributed by atoms with E-state index in [1.165, 1.54) is 0 Å². The highest BCUT2D eigenvalue weighted by molar-refractivity contribution is 7.89. The molecule has 0 saturated carbocycles. The summed E-state index contributed by atoms with van der Waals surface area (Å²) in [7, 11) is -3.60. The second kappa shape index (κ2) is 7.47. The molecule has 1 atom stereocenters. The molecule has 0 bridgehead atoms. The molecule has 154 valence electrons. The number of halogens is 5. The van der Waals surface area contributed by atoms with Crippen LogP contribution in [0.15, 0.2) is 23.2 Å². The summed E-state index contributed by atoms with van der Waals surface area (Å²) < 4.78 is 94.1. The van der Waals surface area contributed by atoms with Crippen molar-refractivity contribution in [3.8, 4) is 0 Å². The molecule has 7 nitrogen and oxygen atoms in total. The first kappa shape index (κ1) is 21.8. The Kier molecular flexibility index (Phi) is 5.80. The Morgan fingerprint density at radius 2 is 1.75 bits per heavy atom. The lowest BCUT2D eigenvalue weighted by atomic mass is 10.2. The number of aryl methyl sites for hydroxylation is 1. The van der Waals surface area contributed by atoms with Crippen molar-refractivity contribution in [3.05, 3.63) is 41.7 Å². The monoisotopic (exact) mass is 426 g/mol. The van der Waals surface area contributed by atoms with E-state index in [2.05, 4.69) is 4.98 Å². The zero-order valence-corrected chi connectivity index (χ0v) is 15.5. The van der Waals surface area contributed by atoms with E-state index < -0.39 is 61.9 Å². The van der Waals surface area contributed by atoms with Gasteiger partial charge in [0.15, 0.2) is 5.82 Å². The minimum atomic E-state index is -4.73. The van der Waals surface area contributed by atoms with Gasteiger partial charge < -0.3 is 9.88 Å². The predicted octanol–water partition coefficient (Wildman–Crippen LogP) is 2.41. The van der Waals surface area contributed by atoms with E-state index in [0.717, 1.165) is 18.5 Å². The number of sulfonamides is 1. The third-order valence-electron chi connectivity index (χ3n) is 3.71. The molecule has 0 aliphatic carbocycles. The van der Waals surface area contributed by atoms with Gasteiger partial charge in [0.1, 0.15) is 10.6 Å². The number of alkyl halides is 2. The number of aromatic nitrogens is 2. The Morgan fingerprint density at radius 1 is 1.21 bits per heavy atom. The van der Waals surface area contributed by atoms with Gasteiger partial charge in [-0.15, -0.1) is 0 Å². The molecule has 0 saturated heterocycles. The Labute approximate surface area is 156 Å². The summed E-state index contributed by atoms with van der Waals surface area (Å²) in [5, 5.41) is 2.00. The van der Waals surface area contributed by atoms with Gasteiger partial charge in [-0.1, -0.05) is 0 Å². The van der Waals surface area contributed by atoms with Crippen molar-refractivity contribution in [3.63, 3.8) is 0 Å². The second-order valence-electron chi connectivity index (χ2n) is 6.02. The fraction of sp³-hybridized carbons (Fsp3) is 0.333. The quantitative estimate of drug-likeness (QED) is 0.548. The van der Waals surface area contributed by atoms with Crippen molar-refractivity contribution >= 4 is 21.6 Å². The van der Waals surface area contributed by atoms with E-state index >= 15 is 0 Å². The summed E-state index contributed by atoms with van der Waals surface area (Å²) >= 11 is 0. The third-order valence-corrected chi connectivity index (χ3v) is 5.23. The average molecular weight is 426 g/mol. The highest BCUT2D eigenvalue weighted by atomic mass is 32.2. The van der Waals surface area contributed by atoms with E-state index in [-0.39, 0.29) is 0 Å². The number of carbonyl (C=O) groups is 1. The number of rotatable bonds is 6. The fourth-order valence-corrected chi connectivity index (χ4v) is 3.57. The zero-order valence-electron chi connectivity index (χ0n) is 14.7. The first-order valence-electron chi connectivity index (χ1n) is 7.61. The van der Waals surface area contributed by atoms with Crippen LogP contribution in [-0.4, -0.2) is 35.8 Å². The first-order chi connectivity index (χ1) is 12.7. The number of amides is 1. The van der Waals surface area contributed by atoms with Crippen LogP contribution in [0, 0.1) is 17.7 Å². The Morgan fingerprint density at radius 3 is 2.25 bits per heavy atom. The third kappa shape index (κ3) is 4.65. The van der Waals surface area contributed by atoms with Gasteiger partial charge in [0.2, 0.25) is 21.9 Å². The van der Waals surface area contributed by atoms with Crippen molar-refractivity contribution in [2.75, 3.05) is 5.32 Å². The normalized spacial score (nSPS) is 13.4. The maximum Gasteiger partial charge on any atom is 0.275 e. The lowest BCUT2D eigenvalue weighted by Crippen LogP contribution is -2.43. The number of hydrogen-bond acceptors (Lipinski definition) is 4. The van der Waals surface area contributed by atoms with E-state index in [1.807, 2.05) is 5.32 Å². The van der Waals surface area contributed by atoms with Crippen molar-refractivity contribution < 1.29 is 35.2 Å². The second-order valence-corrected chi connectivity index (χ2v) is 7.70. The topological polar surface area (TPSA) is 93.1 Å². The summed E-state index contributed by atoms with van der Waals surface area (Å²) in [6.45, 7) is 1.37. The number of carbonyl (C=O) groups excluding carboxylic acids is 1. The highest BCUT2D eigenvalue weighted by Gasteiger charge is 2.36. The van der Waals surface area contributed by atoms with Gasteiger partial charge in [0.25, 0.3) is 11.8 Å². The molecular formula is C15H15F5N4O3S. The number of nitrogens with zero attached hydrogens (tertiary/aromatic N) is 2. The molecule has 2 aromatic rings. The van der Waals surface area contributed by atoms with Crippen molar-refractivity contribution in [2.24, 2.45) is 7.05 Å². The van der Waals surface area contributed by atoms with Gasteiger partial charge in [-0.05, 0) is 6.92 Å². The van der Waals surface area contributed by atoms with E-state index in [4.69, 9.17) is 0 Å². The number of anilines is 1. The minimum Gasteiger partial charge on any atom is -0.343 e. The number of pyridine rings is 1. The van der Waals surface area contributed by atoms with Crippen LogP contribution in [0.1, 0.15) is 24.3 Å². The summed E-state index contributed by atoms with van der Waals surface area (Å²) in [6.07, 6.45) is 0.709. The maximum absolute atomic E-state index is 14.6. The fourth-order valence-electron chi connectivity index (χ4n) is 2.14. The Bertz CT molecular complexity index is 997. The van der Waals surface area contributed by atoms with Crippen molar-refractivity contribution in [1.82, 2.24) is 14.3 Å². The highest BCUT2D eigenvalue weighted by Crippen LogP contribution is 2.24. The molecule has 0 spiro atoms. The molecule has 0 radical (unpaired) electrons. The molecule has 0 unspecified atom stereocenters. The number of nitrogens with one attached hydrogen (secondary N) is 2. The van der Waals surface area contributed by atoms with Crippen LogP contribution in [0.2, 0.25) is 0 Å². The molecule has 2 aromatic heterocycles. The first-order valence-corrected chi connectivity index (χ1v) is 9.10. The van der Waals surface area contributed by atoms with Crippen LogP contribution in [-0.2, 0) is 17.1 Å². The summed E-state index contributed by atoms with van der Waals surface area (Å²) in [4.78, 5) is 14.0. The molecule has 2 heterocycles. The smallest absolute Gasteiger partial charge is 0.275 e. The lowest BCUT2D eigenvalue weighted by molar-refractivity contribution is -0.00490. The molecule has 0 aliphatic rings. The molecule has 0 fully saturated rings. The van der Waals surface area contributed by atoms with E-state index in [0.29, 0.717) is 25.3 Å². The maximum atomic E-state index is 14.6. The number of hydrogen-bond donors (Lipinski definition) is 2. The van der Waals surface area contributed by atoms with Crippen molar-refractivity contribution in [2.45, 2.75) is 30.7 Å². The molecule has 0 aliphatic heterocycles. The van der Waals surface area contributed by atoms with Gasteiger partial charge in [0.05, 0.1) is 11.7 Å². The van der Waals surface area contributed by atoms with E-state index in [9.17, 15) is 35.2 Å². The van der Waals surface area contributed by atoms with Gasteiger partial charge in [-0.2, -0.15) is 13.8 Å². The zero-order chi connectivity index (χ0) is 21.4. The molecule has 1 amide bonds. The van der Waals surface area contributed by atoms with Crippen LogP contribution in [0.4, 0.5) is 27.6 Å². The molecule has 28 heavy (non-hydrogen) atoms. The van der Waals surface area contributed by atoms with Gasteiger partial charge in [0, 0.05) is 32.3 Å². The van der Waals surface area contributed by atoms with Gasteiger partial charge in [-0.25, -0.2) is 26.3 Å². The standard InChI is InChI=1S/C15H15F5N4O3S/c1-7(15(2,19)20)23-28(26,27)9-6-24(3)13(12(9)18)14(25)21-8-4-10(16)22-11(17)5-8/h4-7,23H,1-3H3,(H,21,22,25)/t7-/m1/s1. The summed E-state index contributed by atoms with van der Waals surface area (Å²) in [5.41, 5.74) is -1.19. The van der Waals surface area contributed by atoms with Crippen LogP contribution < -0.4 is 10.0 Å². The van der Waals surface area contributed by atoms with Crippen LogP contribution in [0.3, 0.4) is 0 Å². The summed E-state index contributed by atoms with van der Waals surface area (Å²) in [6, 6.07) is -0.532. The van der Waals surface area contributed by atoms with Gasteiger partial charge in [-0.3, -0.25) is 4.79 Å². The SMILES string of the molecule is C[C@@H](NS(=O)(=O)c1cn(C)c(C(=O)Nc2cc(F)nc(F)c2)c1F)C(C)(F)F. The van der Waals surface area contributed by atoms with E-state index in [1.54, 1.807) is 4.72 Å². The van der Waals surface area contributed by atoms with Crippen LogP contribution in [0.5, 0.6) is 0 Å². The largest absolute Gasteiger partial charge is 0.343 e. The van der Waals surface area contributed by atoms with Crippen molar-refractivity contribution in [1.29, 1.82) is 0 Å². The molecule has 0 aromatic carbocycles. The average Bonchev–Trinajstić information content (AvgIpc) is 2.80. The molecule has 13 heteroatoms. The minimum absolute atomic E-state index is 0.391. The molecule has 2 rings (SSSR count). The molecular weight excluding hydrogens is 411 g/mol. The Balaban J connectivity index is 2.36. The predicted molar refractivity (Wildman–Crippen MR) is 87.9 cm³/mol. The van der Waals surface area contributed by atoms with Crippen LogP contribution >= 0.6 is 0 Å². The Hall–Kier alpha value is -2.54. The lowest BCUT2D eigenvalue weighted by Gasteiger charge is -2.20. The van der Waals surface area contributed by atoms with Crippen LogP contribution in [0.25, 0.3) is 0 Å². The summed E-state index contributed by atoms with van der Waals surface area (Å²) in [5.74, 6) is -8.66. The molecule has 2 N–H and O–H groups in total. The van der Waals surface area contributed by atoms with Gasteiger partial charge >= 0.3 is 0 Å².